The number of hydrogen-bond donors (Lipinski definition) is 2. The monoisotopic (exact) mass is 684 g/mol. The smallest absolute Gasteiger partial charge is 0.208 e. The minimum absolute atomic E-state index is 0.147. The number of aliphatic hydroxyl groups is 2. The molecule has 2 aromatic carbocycles. The van der Waals surface area contributed by atoms with Crippen molar-refractivity contribution < 1.29 is 19.3 Å². The molecule has 0 unspecified atom stereocenters. The fraction of sp³-hybridized carbons (Fsp3) is 0.350. The summed E-state index contributed by atoms with van der Waals surface area (Å²) < 4.78 is 4.71. The van der Waals surface area contributed by atoms with Crippen LogP contribution in [0.2, 0.25) is 0 Å². The molecule has 254 valence electrons. The molecule has 0 aliphatic heterocycles. The number of allylic oxidation sites excluding steroid dienone is 2. The Bertz CT molecular complexity index is 1580. The highest BCUT2D eigenvalue weighted by molar-refractivity contribution is 8.76. The number of likely N-dealkylation sites (N-methyl/N-ethyl adjacent to an activating group) is 2. The van der Waals surface area contributed by atoms with E-state index in [0.717, 1.165) is 36.0 Å². The molecule has 0 saturated carbocycles. The first kappa shape index (κ1) is 37.3. The molecular weight excluding hydrogens is 633 g/mol. The molecule has 4 rings (SSSR count). The van der Waals surface area contributed by atoms with E-state index in [-0.39, 0.29) is 13.2 Å². The maximum absolute atomic E-state index is 9.28. The molecule has 0 aliphatic rings. The highest BCUT2D eigenvalue weighted by atomic mass is 33.1. The maximum Gasteiger partial charge on any atom is 0.208 e. The molecule has 2 N–H and O–H groups in total. The molecule has 6 nitrogen and oxygen atoms in total. The summed E-state index contributed by atoms with van der Waals surface area (Å²) in [5.74, 6) is 2.05. The Hall–Kier alpha value is -3.56. The van der Waals surface area contributed by atoms with Gasteiger partial charge >= 0.3 is 0 Å². The standard InChI is InChI=1S/C40H52N4O2S2/c1-31-29-37(41(5)19-23-45)15-13-35(31)27-33(3)39-11-7-9-17-43(39)21-25-47-48-26-22-44-18-10-8-12-40(44)34(4)28-36-14-16-38(30-32(36)2)42(6)20-24-46/h7-18,27-30,45-46H,19-26H2,1-6H3/q+2. The van der Waals surface area contributed by atoms with Gasteiger partial charge in [-0.05, 0) is 98.5 Å². The number of rotatable bonds is 17. The van der Waals surface area contributed by atoms with Crippen molar-refractivity contribution in [3.05, 3.63) is 119 Å². The highest BCUT2D eigenvalue weighted by Crippen LogP contribution is 2.25. The molecule has 48 heavy (non-hydrogen) atoms. The van der Waals surface area contributed by atoms with E-state index >= 15 is 0 Å². The fourth-order valence-corrected chi connectivity index (χ4v) is 7.67. The molecule has 0 bridgehead atoms. The van der Waals surface area contributed by atoms with Gasteiger partial charge in [0, 0.05) is 74.0 Å². The van der Waals surface area contributed by atoms with Crippen LogP contribution in [-0.2, 0) is 13.1 Å². The largest absolute Gasteiger partial charge is 0.395 e. The van der Waals surface area contributed by atoms with Crippen LogP contribution in [0.4, 0.5) is 11.4 Å². The topological polar surface area (TPSA) is 54.7 Å². The summed E-state index contributed by atoms with van der Waals surface area (Å²) >= 11 is 0. The average molecular weight is 685 g/mol. The van der Waals surface area contributed by atoms with Crippen LogP contribution in [0.25, 0.3) is 23.3 Å². The number of hydrogen-bond acceptors (Lipinski definition) is 6. The number of pyridine rings is 2. The predicted octanol–water partition coefficient (Wildman–Crippen LogP) is 6.94. The second-order valence-corrected chi connectivity index (χ2v) is 14.9. The van der Waals surface area contributed by atoms with Crippen molar-refractivity contribution in [3.8, 4) is 0 Å². The molecule has 2 heterocycles. The van der Waals surface area contributed by atoms with Crippen LogP contribution in [0.15, 0.2) is 85.2 Å². The zero-order valence-corrected chi connectivity index (χ0v) is 31.0. The van der Waals surface area contributed by atoms with Gasteiger partial charge in [-0.2, -0.15) is 9.13 Å². The molecular formula is C40H52N4O2S2+2. The van der Waals surface area contributed by atoms with E-state index in [1.807, 2.05) is 35.7 Å². The van der Waals surface area contributed by atoms with Crippen molar-refractivity contribution in [2.75, 3.05) is 61.7 Å². The van der Waals surface area contributed by atoms with Gasteiger partial charge in [0.25, 0.3) is 0 Å². The molecule has 8 heteroatoms. The third-order valence-corrected chi connectivity index (χ3v) is 11.0. The van der Waals surface area contributed by atoms with Gasteiger partial charge in [-0.25, -0.2) is 0 Å². The van der Waals surface area contributed by atoms with E-state index in [9.17, 15) is 10.2 Å². The van der Waals surface area contributed by atoms with E-state index < -0.39 is 0 Å². The van der Waals surface area contributed by atoms with E-state index in [1.165, 1.54) is 44.8 Å². The van der Waals surface area contributed by atoms with Crippen LogP contribution in [0.5, 0.6) is 0 Å². The van der Waals surface area contributed by atoms with E-state index in [1.54, 1.807) is 0 Å². The number of benzene rings is 2. The zero-order chi connectivity index (χ0) is 34.5. The second kappa shape index (κ2) is 18.8. The highest BCUT2D eigenvalue weighted by Gasteiger charge is 2.15. The molecule has 4 aromatic rings. The van der Waals surface area contributed by atoms with Crippen LogP contribution in [-0.4, -0.2) is 62.1 Å². The lowest BCUT2D eigenvalue weighted by atomic mass is 10.0. The first-order valence-corrected chi connectivity index (χ1v) is 19.1. The Morgan fingerprint density at radius 1 is 0.646 bits per heavy atom. The van der Waals surface area contributed by atoms with Crippen LogP contribution < -0.4 is 18.9 Å². The number of aliphatic hydroxyl groups excluding tert-OH is 2. The second-order valence-electron chi connectivity index (χ2n) is 12.2. The first-order valence-electron chi connectivity index (χ1n) is 16.7. The Morgan fingerprint density at radius 2 is 1.06 bits per heavy atom. The van der Waals surface area contributed by atoms with Gasteiger partial charge < -0.3 is 20.0 Å². The summed E-state index contributed by atoms with van der Waals surface area (Å²) in [5, 5.41) is 18.6. The van der Waals surface area contributed by atoms with Crippen molar-refractivity contribution in [3.63, 3.8) is 0 Å². The summed E-state index contributed by atoms with van der Waals surface area (Å²) in [4.78, 5) is 4.15. The molecule has 0 spiro atoms. The van der Waals surface area contributed by atoms with Gasteiger partial charge in [0.15, 0.2) is 25.5 Å². The Labute approximate surface area is 295 Å². The summed E-state index contributed by atoms with van der Waals surface area (Å²) in [6.45, 7) is 12.1. The van der Waals surface area contributed by atoms with E-state index in [4.69, 9.17) is 0 Å². The lowest BCUT2D eigenvalue weighted by Crippen LogP contribution is -2.39. The number of nitrogens with zero attached hydrogens (tertiary/aromatic N) is 4. The summed E-state index contributed by atoms with van der Waals surface area (Å²) in [7, 11) is 7.89. The van der Waals surface area contributed by atoms with Crippen LogP contribution >= 0.6 is 21.6 Å². The van der Waals surface area contributed by atoms with Gasteiger partial charge in [-0.3, -0.25) is 0 Å². The average Bonchev–Trinajstić information content (AvgIpc) is 3.08. The Balaban J connectivity index is 1.32. The third kappa shape index (κ3) is 10.5. The molecule has 0 aliphatic carbocycles. The van der Waals surface area contributed by atoms with Crippen molar-refractivity contribution in [1.29, 1.82) is 0 Å². The zero-order valence-electron chi connectivity index (χ0n) is 29.4. The number of aromatic nitrogens is 2. The van der Waals surface area contributed by atoms with Gasteiger partial charge in [0.1, 0.15) is 0 Å². The number of aryl methyl sites for hydroxylation is 4. The van der Waals surface area contributed by atoms with Gasteiger partial charge in [-0.15, -0.1) is 0 Å². The summed E-state index contributed by atoms with van der Waals surface area (Å²) in [5.41, 5.74) is 12.1. The molecule has 0 saturated heterocycles. The van der Waals surface area contributed by atoms with Crippen molar-refractivity contribution >= 4 is 56.3 Å². The minimum atomic E-state index is 0.147. The molecule has 0 amide bonds. The quantitative estimate of drug-likeness (QED) is 0.0715. The molecule has 0 atom stereocenters. The third-order valence-electron chi connectivity index (χ3n) is 8.61. The minimum Gasteiger partial charge on any atom is -0.395 e. The normalized spacial score (nSPS) is 12.0. The lowest BCUT2D eigenvalue weighted by molar-refractivity contribution is -0.694. The van der Waals surface area contributed by atoms with Gasteiger partial charge in [0.05, 0.1) is 24.7 Å². The molecule has 0 fully saturated rings. The maximum atomic E-state index is 9.28. The van der Waals surface area contributed by atoms with Crippen LogP contribution in [0.3, 0.4) is 0 Å². The fourth-order valence-electron chi connectivity index (χ4n) is 5.74. The Kier molecular flexibility index (Phi) is 14.6. The summed E-state index contributed by atoms with van der Waals surface area (Å²) in [6.07, 6.45) is 8.92. The molecule has 2 aromatic heterocycles. The van der Waals surface area contributed by atoms with Crippen molar-refractivity contribution in [2.24, 2.45) is 0 Å². The lowest BCUT2D eigenvalue weighted by Gasteiger charge is -2.19. The van der Waals surface area contributed by atoms with Gasteiger partial charge in [0.2, 0.25) is 11.4 Å². The predicted molar refractivity (Wildman–Crippen MR) is 208 cm³/mol. The summed E-state index contributed by atoms with van der Waals surface area (Å²) in [6, 6.07) is 25.9. The molecule has 0 radical (unpaired) electrons. The first-order chi connectivity index (χ1) is 23.2. The van der Waals surface area contributed by atoms with E-state index in [2.05, 4.69) is 144 Å². The van der Waals surface area contributed by atoms with Crippen LogP contribution in [0, 0.1) is 13.8 Å². The van der Waals surface area contributed by atoms with Crippen molar-refractivity contribution in [1.82, 2.24) is 0 Å². The van der Waals surface area contributed by atoms with E-state index in [0.29, 0.717) is 13.1 Å². The van der Waals surface area contributed by atoms with Gasteiger partial charge in [-0.1, -0.05) is 33.7 Å². The Morgan fingerprint density at radius 3 is 1.44 bits per heavy atom. The van der Waals surface area contributed by atoms with Crippen molar-refractivity contribution in [2.45, 2.75) is 40.8 Å². The number of anilines is 2. The van der Waals surface area contributed by atoms with Crippen LogP contribution in [0.1, 0.15) is 47.5 Å². The SMILES string of the molecule is C/C(=C\c1ccc(N(C)CCO)cc1C)c1cccc[n+]1CCSSCC[n+]1ccccc1/C(C)=C/c1ccc(N(C)CCO)cc1C.